The first-order valence-electron chi connectivity index (χ1n) is 9.40. The predicted octanol–water partition coefficient (Wildman–Crippen LogP) is 4.70. The molecule has 6 nitrogen and oxygen atoms in total. The lowest BCUT2D eigenvalue weighted by Crippen LogP contribution is -2.36. The monoisotopic (exact) mass is 438 g/mol. The van der Waals surface area contributed by atoms with Gasteiger partial charge in [0.05, 0.1) is 12.8 Å². The number of hydrogen-bond donors (Lipinski definition) is 0. The van der Waals surface area contributed by atoms with E-state index in [1.165, 1.54) is 7.11 Å². The number of carbonyl (C=O) groups excluding carboxylic acids is 1. The van der Waals surface area contributed by atoms with E-state index in [0.29, 0.717) is 28.9 Å². The van der Waals surface area contributed by atoms with Crippen molar-refractivity contribution in [3.63, 3.8) is 0 Å². The van der Waals surface area contributed by atoms with Gasteiger partial charge in [0.25, 0.3) is 5.91 Å². The van der Waals surface area contributed by atoms with Crippen LogP contribution in [-0.2, 0) is 6.18 Å². The molecular weight excluding hydrogens is 421 g/mol. The van der Waals surface area contributed by atoms with Gasteiger partial charge in [-0.05, 0) is 49.6 Å². The Balaban J connectivity index is 1.86. The third-order valence-corrected chi connectivity index (χ3v) is 5.40. The summed E-state index contributed by atoms with van der Waals surface area (Å²) in [6, 6.07) is 7.34. The highest BCUT2D eigenvalue weighted by Crippen LogP contribution is 2.35. The first-order chi connectivity index (χ1) is 14.3. The molecule has 0 N–H and O–H groups in total. The van der Waals surface area contributed by atoms with Crippen molar-refractivity contribution in [1.82, 2.24) is 19.5 Å². The molecule has 0 radical (unpaired) electrons. The lowest BCUT2D eigenvalue weighted by Gasteiger charge is -2.25. The zero-order valence-corrected chi connectivity index (χ0v) is 16.8. The maximum Gasteiger partial charge on any atom is 0.433 e. The van der Waals surface area contributed by atoms with Gasteiger partial charge in [0, 0.05) is 18.7 Å². The summed E-state index contributed by atoms with van der Waals surface area (Å²) in [5.74, 6) is 0.0806. The first-order valence-corrected chi connectivity index (χ1v) is 9.77. The van der Waals surface area contributed by atoms with Gasteiger partial charge in [0.15, 0.2) is 17.0 Å². The fourth-order valence-electron chi connectivity index (χ4n) is 3.49. The van der Waals surface area contributed by atoms with E-state index in [-0.39, 0.29) is 22.1 Å². The minimum Gasteiger partial charge on any atom is -0.497 e. The fraction of sp³-hybridized carbons (Fsp3) is 0.350. The van der Waals surface area contributed by atoms with E-state index >= 15 is 0 Å². The number of piperidine rings is 1. The Morgan fingerprint density at radius 3 is 2.40 bits per heavy atom. The summed E-state index contributed by atoms with van der Waals surface area (Å²) in [6.07, 6.45) is -2.04. The second-order valence-corrected chi connectivity index (χ2v) is 7.38. The molecule has 0 spiro atoms. The second kappa shape index (κ2) is 7.79. The highest BCUT2D eigenvalue weighted by atomic mass is 35.5. The highest BCUT2D eigenvalue weighted by Gasteiger charge is 2.37. The number of nitrogens with zero attached hydrogens (tertiary/aromatic N) is 4. The Morgan fingerprint density at radius 1 is 1.13 bits per heavy atom. The number of rotatable bonds is 3. The van der Waals surface area contributed by atoms with Crippen LogP contribution in [0.3, 0.4) is 0 Å². The number of alkyl halides is 3. The topological polar surface area (TPSA) is 59.7 Å². The number of methoxy groups -OCH3 is 1. The lowest BCUT2D eigenvalue weighted by molar-refractivity contribution is -0.142. The van der Waals surface area contributed by atoms with Crippen molar-refractivity contribution in [3.8, 4) is 17.0 Å². The lowest BCUT2D eigenvalue weighted by atomic mass is 10.1. The van der Waals surface area contributed by atoms with Crippen LogP contribution in [0, 0.1) is 0 Å². The van der Waals surface area contributed by atoms with Crippen molar-refractivity contribution in [2.24, 2.45) is 0 Å². The predicted molar refractivity (Wildman–Crippen MR) is 105 cm³/mol. The molecule has 0 bridgehead atoms. The van der Waals surface area contributed by atoms with Gasteiger partial charge in [-0.2, -0.15) is 18.3 Å². The Bertz CT molecular complexity index is 1090. The van der Waals surface area contributed by atoms with Gasteiger partial charge in [-0.25, -0.2) is 9.50 Å². The van der Waals surface area contributed by atoms with Crippen LogP contribution < -0.4 is 4.74 Å². The second-order valence-electron chi connectivity index (χ2n) is 7.00. The van der Waals surface area contributed by atoms with Crippen LogP contribution in [0.5, 0.6) is 5.75 Å². The summed E-state index contributed by atoms with van der Waals surface area (Å²) >= 11 is 6.32. The van der Waals surface area contributed by atoms with Gasteiger partial charge in [0.1, 0.15) is 10.8 Å². The van der Waals surface area contributed by atoms with Crippen molar-refractivity contribution in [3.05, 3.63) is 46.7 Å². The molecule has 30 heavy (non-hydrogen) atoms. The van der Waals surface area contributed by atoms with E-state index in [2.05, 4.69) is 10.1 Å². The normalized spacial score (nSPS) is 14.9. The molecule has 0 unspecified atom stereocenters. The molecular formula is C20H18ClF3N4O2. The van der Waals surface area contributed by atoms with Crippen molar-refractivity contribution in [2.75, 3.05) is 20.2 Å². The van der Waals surface area contributed by atoms with Crippen molar-refractivity contribution < 1.29 is 22.7 Å². The average molecular weight is 439 g/mol. The van der Waals surface area contributed by atoms with Crippen molar-refractivity contribution >= 4 is 23.2 Å². The number of ether oxygens (including phenoxy) is 1. The van der Waals surface area contributed by atoms with E-state index < -0.39 is 17.8 Å². The van der Waals surface area contributed by atoms with Crippen LogP contribution in [0.15, 0.2) is 30.3 Å². The van der Waals surface area contributed by atoms with E-state index in [1.54, 1.807) is 29.2 Å². The Morgan fingerprint density at radius 2 is 1.80 bits per heavy atom. The van der Waals surface area contributed by atoms with Gasteiger partial charge in [-0.3, -0.25) is 4.79 Å². The van der Waals surface area contributed by atoms with Gasteiger partial charge in [0.2, 0.25) is 0 Å². The molecule has 3 heterocycles. The molecule has 4 rings (SSSR count). The summed E-state index contributed by atoms with van der Waals surface area (Å²) < 4.78 is 47.0. The molecule has 158 valence electrons. The van der Waals surface area contributed by atoms with Crippen LogP contribution in [-0.4, -0.2) is 45.6 Å². The van der Waals surface area contributed by atoms with E-state index in [4.69, 9.17) is 16.3 Å². The minimum absolute atomic E-state index is 0.0660. The highest BCUT2D eigenvalue weighted by molar-refractivity contribution is 6.36. The number of benzene rings is 1. The molecule has 1 saturated heterocycles. The molecule has 2 aromatic heterocycles. The Kier molecular flexibility index (Phi) is 5.31. The van der Waals surface area contributed by atoms with Crippen LogP contribution in [0.1, 0.15) is 35.4 Å². The number of amides is 1. The fourth-order valence-corrected chi connectivity index (χ4v) is 3.73. The summed E-state index contributed by atoms with van der Waals surface area (Å²) in [5, 5.41) is 3.72. The molecule has 1 aromatic carbocycles. The van der Waals surface area contributed by atoms with Crippen LogP contribution >= 0.6 is 11.6 Å². The van der Waals surface area contributed by atoms with Gasteiger partial charge >= 0.3 is 6.18 Å². The molecule has 0 aliphatic carbocycles. The SMILES string of the molecule is COc1ccc(-c2cc(C(F)(F)F)n3nc(C(=O)N4CCCCC4)c(Cl)c3n2)cc1. The largest absolute Gasteiger partial charge is 0.497 e. The molecule has 1 amide bonds. The summed E-state index contributed by atoms with van der Waals surface area (Å²) in [7, 11) is 1.49. The number of fused-ring (bicyclic) bond motifs is 1. The smallest absolute Gasteiger partial charge is 0.433 e. The molecule has 3 aromatic rings. The first kappa shape index (κ1) is 20.5. The standard InChI is InChI=1S/C20H18ClF3N4O2/c1-30-13-7-5-12(6-8-13)14-11-15(20(22,23)24)28-18(25-14)16(21)17(26-28)19(29)27-9-3-2-4-10-27/h5-8,11H,2-4,9-10H2,1H3. The molecule has 1 fully saturated rings. The molecule has 1 aliphatic rings. The van der Waals surface area contributed by atoms with Gasteiger partial charge < -0.3 is 9.64 Å². The van der Waals surface area contributed by atoms with Crippen LogP contribution in [0.4, 0.5) is 13.2 Å². The van der Waals surface area contributed by atoms with Crippen molar-refractivity contribution in [1.29, 1.82) is 0 Å². The Labute approximate surface area is 175 Å². The van der Waals surface area contributed by atoms with E-state index in [9.17, 15) is 18.0 Å². The van der Waals surface area contributed by atoms with E-state index in [0.717, 1.165) is 25.3 Å². The molecule has 1 aliphatic heterocycles. The summed E-state index contributed by atoms with van der Waals surface area (Å²) in [5.41, 5.74) is -0.972. The average Bonchev–Trinajstić information content (AvgIpc) is 3.09. The molecule has 0 saturated carbocycles. The van der Waals surface area contributed by atoms with E-state index in [1.807, 2.05) is 0 Å². The molecule has 0 atom stereocenters. The number of carbonyl (C=O) groups is 1. The Hall–Kier alpha value is -2.81. The van der Waals surface area contributed by atoms with Crippen LogP contribution in [0.2, 0.25) is 5.02 Å². The van der Waals surface area contributed by atoms with Gasteiger partial charge in [-0.15, -0.1) is 0 Å². The maximum absolute atomic E-state index is 13.8. The summed E-state index contributed by atoms with van der Waals surface area (Å²) in [6.45, 7) is 1.05. The maximum atomic E-state index is 13.8. The van der Waals surface area contributed by atoms with Crippen LogP contribution in [0.25, 0.3) is 16.9 Å². The summed E-state index contributed by atoms with van der Waals surface area (Å²) in [4.78, 5) is 18.7. The number of likely N-dealkylation sites (tertiary alicyclic amines) is 1. The zero-order chi connectivity index (χ0) is 21.5. The zero-order valence-electron chi connectivity index (χ0n) is 16.0. The molecule has 10 heteroatoms. The number of aromatic nitrogens is 3. The minimum atomic E-state index is -4.72. The third kappa shape index (κ3) is 3.69. The van der Waals surface area contributed by atoms with Crippen molar-refractivity contribution in [2.45, 2.75) is 25.4 Å². The number of halogens is 4. The third-order valence-electron chi connectivity index (χ3n) is 5.05. The quantitative estimate of drug-likeness (QED) is 0.594. The van der Waals surface area contributed by atoms with Gasteiger partial charge in [-0.1, -0.05) is 11.6 Å². The number of hydrogen-bond acceptors (Lipinski definition) is 4.